The SMILES string of the molecule is O=C(C=Cc1nc2ccccc2s1)NCc1ccccc1. The van der Waals surface area contributed by atoms with Crippen LogP contribution in [-0.4, -0.2) is 10.9 Å². The zero-order valence-electron chi connectivity index (χ0n) is 11.3. The molecule has 1 heterocycles. The molecule has 1 aromatic heterocycles. The van der Waals surface area contributed by atoms with Gasteiger partial charge in [0.25, 0.3) is 0 Å². The fourth-order valence-corrected chi connectivity index (χ4v) is 2.82. The number of hydrogen-bond acceptors (Lipinski definition) is 3. The summed E-state index contributed by atoms with van der Waals surface area (Å²) in [6, 6.07) is 17.8. The molecule has 0 saturated carbocycles. The number of rotatable bonds is 4. The van der Waals surface area contributed by atoms with E-state index in [1.807, 2.05) is 54.6 Å². The number of carbonyl (C=O) groups is 1. The minimum absolute atomic E-state index is 0.113. The lowest BCUT2D eigenvalue weighted by molar-refractivity contribution is -0.116. The third kappa shape index (κ3) is 3.55. The van der Waals surface area contributed by atoms with Gasteiger partial charge in [-0.3, -0.25) is 4.79 Å². The van der Waals surface area contributed by atoms with Gasteiger partial charge in [-0.2, -0.15) is 0 Å². The predicted molar refractivity (Wildman–Crippen MR) is 86.9 cm³/mol. The number of carbonyl (C=O) groups excluding carboxylic acids is 1. The Morgan fingerprint density at radius 2 is 1.86 bits per heavy atom. The third-order valence-corrected chi connectivity index (χ3v) is 4.00. The Kier molecular flexibility index (Phi) is 4.07. The summed E-state index contributed by atoms with van der Waals surface area (Å²) in [7, 11) is 0. The summed E-state index contributed by atoms with van der Waals surface area (Å²) in [6.45, 7) is 0.532. The molecule has 0 fully saturated rings. The van der Waals surface area contributed by atoms with Crippen LogP contribution in [0.4, 0.5) is 0 Å². The van der Waals surface area contributed by atoms with E-state index in [1.165, 1.54) is 6.08 Å². The molecule has 4 heteroatoms. The van der Waals surface area contributed by atoms with E-state index in [0.29, 0.717) is 6.54 Å². The average molecular weight is 294 g/mol. The molecule has 2 aromatic carbocycles. The van der Waals surface area contributed by atoms with Gasteiger partial charge >= 0.3 is 0 Å². The second-order valence-electron chi connectivity index (χ2n) is 4.56. The van der Waals surface area contributed by atoms with Crippen LogP contribution in [-0.2, 0) is 11.3 Å². The molecule has 0 aliphatic carbocycles. The van der Waals surface area contributed by atoms with Gasteiger partial charge in [-0.15, -0.1) is 11.3 Å². The highest BCUT2D eigenvalue weighted by Gasteiger charge is 2.01. The average Bonchev–Trinajstić information content (AvgIpc) is 2.95. The van der Waals surface area contributed by atoms with Crippen molar-refractivity contribution < 1.29 is 4.79 Å². The summed E-state index contributed by atoms with van der Waals surface area (Å²) >= 11 is 1.58. The number of para-hydroxylation sites is 1. The van der Waals surface area contributed by atoms with Crippen LogP contribution in [0.2, 0.25) is 0 Å². The Balaban J connectivity index is 1.61. The van der Waals surface area contributed by atoms with Gasteiger partial charge in [-0.25, -0.2) is 4.98 Å². The molecule has 3 nitrogen and oxygen atoms in total. The van der Waals surface area contributed by atoms with Crippen LogP contribution < -0.4 is 5.32 Å². The smallest absolute Gasteiger partial charge is 0.244 e. The van der Waals surface area contributed by atoms with Crippen molar-refractivity contribution in [1.29, 1.82) is 0 Å². The van der Waals surface area contributed by atoms with E-state index in [2.05, 4.69) is 10.3 Å². The van der Waals surface area contributed by atoms with Crippen LogP contribution in [0.25, 0.3) is 16.3 Å². The van der Waals surface area contributed by atoms with Crippen LogP contribution in [0, 0.1) is 0 Å². The highest BCUT2D eigenvalue weighted by Crippen LogP contribution is 2.22. The van der Waals surface area contributed by atoms with E-state index in [0.717, 1.165) is 20.8 Å². The number of aromatic nitrogens is 1. The van der Waals surface area contributed by atoms with Gasteiger partial charge in [-0.1, -0.05) is 42.5 Å². The zero-order valence-corrected chi connectivity index (χ0v) is 12.1. The summed E-state index contributed by atoms with van der Waals surface area (Å²) < 4.78 is 1.13. The summed E-state index contributed by atoms with van der Waals surface area (Å²) in [5.74, 6) is -0.113. The standard InChI is InChI=1S/C17H14N2OS/c20-16(18-12-13-6-2-1-3-7-13)10-11-17-19-14-8-4-5-9-15(14)21-17/h1-11H,12H2,(H,18,20). The van der Waals surface area contributed by atoms with Gasteiger partial charge < -0.3 is 5.32 Å². The quantitative estimate of drug-likeness (QED) is 0.747. The van der Waals surface area contributed by atoms with E-state index in [-0.39, 0.29) is 5.91 Å². The molecule has 0 aliphatic heterocycles. The fourth-order valence-electron chi connectivity index (χ4n) is 1.95. The van der Waals surface area contributed by atoms with Gasteiger partial charge in [0.2, 0.25) is 5.91 Å². The summed E-state index contributed by atoms with van der Waals surface area (Å²) in [6.07, 6.45) is 3.28. The van der Waals surface area contributed by atoms with E-state index in [9.17, 15) is 4.79 Å². The monoisotopic (exact) mass is 294 g/mol. The lowest BCUT2D eigenvalue weighted by Crippen LogP contribution is -2.20. The van der Waals surface area contributed by atoms with E-state index in [4.69, 9.17) is 0 Å². The predicted octanol–water partition coefficient (Wildman–Crippen LogP) is 3.63. The van der Waals surface area contributed by atoms with E-state index in [1.54, 1.807) is 17.4 Å². The lowest BCUT2D eigenvalue weighted by atomic mass is 10.2. The molecule has 0 saturated heterocycles. The van der Waals surface area contributed by atoms with Crippen molar-refractivity contribution in [3.05, 3.63) is 71.2 Å². The molecule has 0 unspecified atom stereocenters. The normalized spacial score (nSPS) is 11.0. The first-order valence-corrected chi connectivity index (χ1v) is 7.48. The lowest BCUT2D eigenvalue weighted by Gasteiger charge is -2.01. The maximum Gasteiger partial charge on any atom is 0.244 e. The molecule has 0 spiro atoms. The molecule has 3 rings (SSSR count). The number of fused-ring (bicyclic) bond motifs is 1. The maximum absolute atomic E-state index is 11.8. The first-order valence-electron chi connectivity index (χ1n) is 6.67. The molecule has 1 N–H and O–H groups in total. The Morgan fingerprint density at radius 1 is 1.10 bits per heavy atom. The fraction of sp³-hybridized carbons (Fsp3) is 0.0588. The number of amides is 1. The highest BCUT2D eigenvalue weighted by atomic mass is 32.1. The molecule has 104 valence electrons. The third-order valence-electron chi connectivity index (χ3n) is 3.00. The molecular weight excluding hydrogens is 280 g/mol. The number of benzene rings is 2. The van der Waals surface area contributed by atoms with Gasteiger partial charge in [0, 0.05) is 12.6 Å². The summed E-state index contributed by atoms with van der Waals surface area (Å²) in [4.78, 5) is 16.2. The molecular formula is C17H14N2OS. The zero-order chi connectivity index (χ0) is 14.5. The van der Waals surface area contributed by atoms with Crippen molar-refractivity contribution in [2.45, 2.75) is 6.54 Å². The first kappa shape index (κ1) is 13.5. The number of thiazole rings is 1. The van der Waals surface area contributed by atoms with Gasteiger partial charge in [0.05, 0.1) is 10.2 Å². The van der Waals surface area contributed by atoms with Crippen LogP contribution >= 0.6 is 11.3 Å². The molecule has 0 bridgehead atoms. The highest BCUT2D eigenvalue weighted by molar-refractivity contribution is 7.19. The molecule has 0 aliphatic rings. The van der Waals surface area contributed by atoms with Crippen LogP contribution in [0.5, 0.6) is 0 Å². The van der Waals surface area contributed by atoms with Crippen LogP contribution in [0.1, 0.15) is 10.6 Å². The van der Waals surface area contributed by atoms with Gasteiger partial charge in [0.15, 0.2) is 0 Å². The Hall–Kier alpha value is -2.46. The number of nitrogens with zero attached hydrogens (tertiary/aromatic N) is 1. The Bertz CT molecular complexity index is 745. The molecule has 21 heavy (non-hydrogen) atoms. The van der Waals surface area contributed by atoms with Crippen molar-refractivity contribution >= 4 is 33.5 Å². The van der Waals surface area contributed by atoms with Crippen molar-refractivity contribution in [3.8, 4) is 0 Å². The molecule has 0 radical (unpaired) electrons. The van der Waals surface area contributed by atoms with Crippen molar-refractivity contribution in [2.75, 3.05) is 0 Å². The maximum atomic E-state index is 11.8. The van der Waals surface area contributed by atoms with Crippen LogP contribution in [0.3, 0.4) is 0 Å². The number of nitrogens with one attached hydrogen (secondary N) is 1. The minimum atomic E-state index is -0.113. The Morgan fingerprint density at radius 3 is 2.67 bits per heavy atom. The van der Waals surface area contributed by atoms with Crippen LogP contribution in [0.15, 0.2) is 60.7 Å². The van der Waals surface area contributed by atoms with Gasteiger partial charge in [0.1, 0.15) is 5.01 Å². The Labute approximate surface area is 127 Å². The molecule has 3 aromatic rings. The summed E-state index contributed by atoms with van der Waals surface area (Å²) in [5, 5.41) is 3.69. The van der Waals surface area contributed by atoms with E-state index >= 15 is 0 Å². The second kappa shape index (κ2) is 6.33. The van der Waals surface area contributed by atoms with Crippen molar-refractivity contribution in [3.63, 3.8) is 0 Å². The topological polar surface area (TPSA) is 42.0 Å². The first-order chi connectivity index (χ1) is 10.3. The van der Waals surface area contributed by atoms with Crippen molar-refractivity contribution in [1.82, 2.24) is 10.3 Å². The minimum Gasteiger partial charge on any atom is -0.348 e. The van der Waals surface area contributed by atoms with Crippen molar-refractivity contribution in [2.24, 2.45) is 0 Å². The second-order valence-corrected chi connectivity index (χ2v) is 5.62. The largest absolute Gasteiger partial charge is 0.348 e. The molecule has 0 atom stereocenters. The van der Waals surface area contributed by atoms with E-state index < -0.39 is 0 Å². The molecule has 1 amide bonds. The number of hydrogen-bond donors (Lipinski definition) is 1. The summed E-state index contributed by atoms with van der Waals surface area (Å²) in [5.41, 5.74) is 2.05. The van der Waals surface area contributed by atoms with Gasteiger partial charge in [-0.05, 0) is 23.8 Å².